The molecule has 160 valence electrons. The molecule has 0 aliphatic carbocycles. The van der Waals surface area contributed by atoms with Crippen LogP contribution >= 0.6 is 0 Å². The molecule has 1 aromatic heterocycles. The third-order valence-electron chi connectivity index (χ3n) is 5.78. The molecule has 0 spiro atoms. The van der Waals surface area contributed by atoms with Gasteiger partial charge in [-0.3, -0.25) is 4.90 Å². The number of fused-ring (bicyclic) bond motifs is 1. The number of aryl methyl sites for hydroxylation is 3. The fourth-order valence-electron chi connectivity index (χ4n) is 3.93. The standard InChI is InChI=1S/C21H33N5O2S/c1-14(2)20(24-29(6,27)28)21-23-22-19-7-8-25(9-10-26(19)21)13-18-12-16(4)15(3)11-17(18)5/h11-12,14,20,24H,7-10,13H2,1-6H3/t20-/m0/s1. The maximum Gasteiger partial charge on any atom is 0.209 e. The van der Waals surface area contributed by atoms with Gasteiger partial charge in [0.15, 0.2) is 5.82 Å². The topological polar surface area (TPSA) is 80.1 Å². The van der Waals surface area contributed by atoms with Gasteiger partial charge in [-0.15, -0.1) is 10.2 Å². The van der Waals surface area contributed by atoms with E-state index in [0.717, 1.165) is 38.4 Å². The lowest BCUT2D eigenvalue weighted by molar-refractivity contribution is 0.268. The number of nitrogens with zero attached hydrogens (tertiary/aromatic N) is 4. The molecule has 0 radical (unpaired) electrons. The third-order valence-corrected chi connectivity index (χ3v) is 6.46. The second kappa shape index (κ2) is 8.53. The fraction of sp³-hybridized carbons (Fsp3) is 0.619. The Hall–Kier alpha value is -1.77. The Morgan fingerprint density at radius 3 is 2.38 bits per heavy atom. The summed E-state index contributed by atoms with van der Waals surface area (Å²) >= 11 is 0. The summed E-state index contributed by atoms with van der Waals surface area (Å²) in [6, 6.07) is 4.19. The minimum Gasteiger partial charge on any atom is -0.312 e. The number of aromatic nitrogens is 3. The van der Waals surface area contributed by atoms with Crippen LogP contribution in [0.1, 0.15) is 53.8 Å². The van der Waals surface area contributed by atoms with E-state index in [4.69, 9.17) is 0 Å². The van der Waals surface area contributed by atoms with Crippen LogP contribution in [0.5, 0.6) is 0 Å². The molecule has 1 N–H and O–H groups in total. The molecule has 7 nitrogen and oxygen atoms in total. The van der Waals surface area contributed by atoms with Crippen LogP contribution < -0.4 is 4.72 Å². The molecular weight excluding hydrogens is 386 g/mol. The molecule has 0 unspecified atom stereocenters. The quantitative estimate of drug-likeness (QED) is 0.778. The Kier molecular flexibility index (Phi) is 6.45. The molecule has 1 aliphatic heterocycles. The molecule has 0 bridgehead atoms. The van der Waals surface area contributed by atoms with Gasteiger partial charge >= 0.3 is 0 Å². The average Bonchev–Trinajstić information content (AvgIpc) is 2.90. The van der Waals surface area contributed by atoms with E-state index in [-0.39, 0.29) is 12.0 Å². The van der Waals surface area contributed by atoms with Crippen LogP contribution in [0.25, 0.3) is 0 Å². The van der Waals surface area contributed by atoms with Crippen LogP contribution in [-0.2, 0) is 29.5 Å². The number of sulfonamides is 1. The van der Waals surface area contributed by atoms with Crippen LogP contribution in [0.3, 0.4) is 0 Å². The fourth-order valence-corrected chi connectivity index (χ4v) is 4.77. The van der Waals surface area contributed by atoms with Gasteiger partial charge in [-0.25, -0.2) is 13.1 Å². The van der Waals surface area contributed by atoms with Crippen molar-refractivity contribution in [2.75, 3.05) is 19.3 Å². The number of rotatable bonds is 6. The average molecular weight is 420 g/mol. The smallest absolute Gasteiger partial charge is 0.209 e. The van der Waals surface area contributed by atoms with E-state index in [9.17, 15) is 8.42 Å². The van der Waals surface area contributed by atoms with Crippen molar-refractivity contribution in [3.63, 3.8) is 0 Å². The van der Waals surface area contributed by atoms with Crippen LogP contribution in [0.4, 0.5) is 0 Å². The van der Waals surface area contributed by atoms with Crippen molar-refractivity contribution in [1.29, 1.82) is 0 Å². The van der Waals surface area contributed by atoms with Gasteiger partial charge in [0.05, 0.1) is 12.3 Å². The predicted molar refractivity (Wildman–Crippen MR) is 115 cm³/mol. The monoisotopic (exact) mass is 419 g/mol. The highest BCUT2D eigenvalue weighted by Crippen LogP contribution is 2.24. The molecule has 0 saturated carbocycles. The zero-order valence-corrected chi connectivity index (χ0v) is 19.2. The number of hydrogen-bond acceptors (Lipinski definition) is 5. The minimum atomic E-state index is -3.34. The summed E-state index contributed by atoms with van der Waals surface area (Å²) in [5.41, 5.74) is 5.35. The van der Waals surface area contributed by atoms with Crippen molar-refractivity contribution in [3.05, 3.63) is 46.0 Å². The van der Waals surface area contributed by atoms with E-state index in [0.29, 0.717) is 5.82 Å². The van der Waals surface area contributed by atoms with Crippen LogP contribution in [0.2, 0.25) is 0 Å². The minimum absolute atomic E-state index is 0.0792. The summed E-state index contributed by atoms with van der Waals surface area (Å²) in [6.45, 7) is 14.0. The SMILES string of the molecule is Cc1cc(C)c(CN2CCc3nnc([C@@H](NS(C)(=O)=O)C(C)C)n3CC2)cc1C. The Balaban J connectivity index is 1.78. The van der Waals surface area contributed by atoms with E-state index in [1.165, 1.54) is 28.5 Å². The number of nitrogens with one attached hydrogen (secondary N) is 1. The van der Waals surface area contributed by atoms with Gasteiger partial charge in [0.2, 0.25) is 10.0 Å². The van der Waals surface area contributed by atoms with Crippen molar-refractivity contribution in [1.82, 2.24) is 24.4 Å². The molecule has 3 rings (SSSR count). The predicted octanol–water partition coefficient (Wildman–Crippen LogP) is 2.51. The molecule has 2 heterocycles. The van der Waals surface area contributed by atoms with E-state index in [1.807, 2.05) is 13.8 Å². The lowest BCUT2D eigenvalue weighted by Crippen LogP contribution is -2.33. The van der Waals surface area contributed by atoms with Crippen molar-refractivity contribution >= 4 is 10.0 Å². The lowest BCUT2D eigenvalue weighted by Gasteiger charge is -2.23. The second-order valence-corrected chi connectivity index (χ2v) is 10.4. The maximum atomic E-state index is 11.8. The maximum absolute atomic E-state index is 11.8. The van der Waals surface area contributed by atoms with Crippen LogP contribution in [0.15, 0.2) is 12.1 Å². The van der Waals surface area contributed by atoms with Crippen molar-refractivity contribution in [3.8, 4) is 0 Å². The molecule has 1 aliphatic rings. The van der Waals surface area contributed by atoms with Gasteiger partial charge in [0.1, 0.15) is 5.82 Å². The molecule has 0 saturated heterocycles. The number of benzene rings is 1. The first-order chi connectivity index (χ1) is 13.5. The molecule has 0 amide bonds. The first-order valence-electron chi connectivity index (χ1n) is 10.2. The molecule has 1 aromatic carbocycles. The molecule has 0 fully saturated rings. The zero-order valence-electron chi connectivity index (χ0n) is 18.4. The summed E-state index contributed by atoms with van der Waals surface area (Å²) < 4.78 is 28.5. The van der Waals surface area contributed by atoms with Crippen molar-refractivity contribution in [2.45, 2.75) is 60.2 Å². The Morgan fingerprint density at radius 1 is 1.03 bits per heavy atom. The third kappa shape index (κ3) is 5.24. The number of hydrogen-bond donors (Lipinski definition) is 1. The molecule has 1 atom stereocenters. The van der Waals surface area contributed by atoms with E-state index in [2.05, 4.69) is 57.3 Å². The Labute approximate surface area is 174 Å². The van der Waals surface area contributed by atoms with E-state index >= 15 is 0 Å². The van der Waals surface area contributed by atoms with E-state index in [1.54, 1.807) is 0 Å². The highest BCUT2D eigenvalue weighted by molar-refractivity contribution is 7.88. The summed E-state index contributed by atoms with van der Waals surface area (Å²) in [7, 11) is -3.34. The normalized spacial score (nSPS) is 16.7. The van der Waals surface area contributed by atoms with E-state index < -0.39 is 10.0 Å². The summed E-state index contributed by atoms with van der Waals surface area (Å²) in [4.78, 5) is 2.45. The lowest BCUT2D eigenvalue weighted by atomic mass is 10.0. The van der Waals surface area contributed by atoms with Crippen molar-refractivity contribution in [2.24, 2.45) is 5.92 Å². The van der Waals surface area contributed by atoms with Crippen molar-refractivity contribution < 1.29 is 8.42 Å². The Bertz CT molecular complexity index is 981. The van der Waals surface area contributed by atoms with Crippen LogP contribution in [0, 0.1) is 26.7 Å². The van der Waals surface area contributed by atoms with Gasteiger partial charge in [-0.2, -0.15) is 0 Å². The van der Waals surface area contributed by atoms with Gasteiger partial charge in [0, 0.05) is 32.6 Å². The largest absolute Gasteiger partial charge is 0.312 e. The highest BCUT2D eigenvalue weighted by Gasteiger charge is 2.28. The molecule has 29 heavy (non-hydrogen) atoms. The molecule has 2 aromatic rings. The van der Waals surface area contributed by atoms with Crippen LogP contribution in [-0.4, -0.2) is 47.4 Å². The molecule has 8 heteroatoms. The highest BCUT2D eigenvalue weighted by atomic mass is 32.2. The second-order valence-electron chi connectivity index (χ2n) is 8.63. The van der Waals surface area contributed by atoms with Gasteiger partial charge in [-0.1, -0.05) is 26.0 Å². The van der Waals surface area contributed by atoms with Gasteiger partial charge in [0.25, 0.3) is 0 Å². The first kappa shape index (κ1) is 21.9. The zero-order chi connectivity index (χ0) is 21.3. The summed E-state index contributed by atoms with van der Waals surface area (Å²) in [5, 5.41) is 8.74. The summed E-state index contributed by atoms with van der Waals surface area (Å²) in [6.07, 6.45) is 2.00. The molecular formula is C21H33N5O2S. The first-order valence-corrected chi connectivity index (χ1v) is 12.1. The van der Waals surface area contributed by atoms with Gasteiger partial charge < -0.3 is 4.57 Å². The Morgan fingerprint density at radius 2 is 1.72 bits per heavy atom. The van der Waals surface area contributed by atoms with Gasteiger partial charge in [-0.05, 0) is 48.9 Å². The summed E-state index contributed by atoms with van der Waals surface area (Å²) in [5.74, 6) is 1.72.